The molecule has 8 heteroatoms. The Kier molecular flexibility index (Phi) is 5.39. The number of nitrogens with zero attached hydrogens (tertiary/aromatic N) is 1. The van der Waals surface area contributed by atoms with E-state index in [1.165, 1.54) is 12.3 Å². The predicted molar refractivity (Wildman–Crippen MR) is 99.8 cm³/mol. The van der Waals surface area contributed by atoms with Gasteiger partial charge < -0.3 is 5.32 Å². The highest BCUT2D eigenvalue weighted by atomic mass is 19.4. The number of carbonyl (C=O) groups excluding carboxylic acids is 2. The molecule has 0 fully saturated rings. The topological polar surface area (TPSA) is 70.6 Å². The van der Waals surface area contributed by atoms with Crippen molar-refractivity contribution >= 4 is 34.5 Å². The van der Waals surface area contributed by atoms with Crippen molar-refractivity contribution in [2.24, 2.45) is 5.10 Å². The minimum Gasteiger partial charge on any atom is -0.318 e. The molecule has 3 aromatic carbocycles. The van der Waals surface area contributed by atoms with Crippen LogP contribution in [-0.2, 0) is 15.8 Å². The van der Waals surface area contributed by atoms with Gasteiger partial charge in [-0.05, 0) is 29.0 Å². The van der Waals surface area contributed by atoms with Crippen molar-refractivity contribution in [1.82, 2.24) is 5.43 Å². The second-order valence-electron chi connectivity index (χ2n) is 5.80. The van der Waals surface area contributed by atoms with Crippen LogP contribution in [0.1, 0.15) is 11.1 Å². The molecule has 3 aromatic rings. The van der Waals surface area contributed by atoms with Crippen LogP contribution in [0.3, 0.4) is 0 Å². The Labute approximate surface area is 157 Å². The fourth-order valence-electron chi connectivity index (χ4n) is 2.54. The Morgan fingerprint density at radius 3 is 2.39 bits per heavy atom. The van der Waals surface area contributed by atoms with Gasteiger partial charge in [0.1, 0.15) is 0 Å². The first-order valence-electron chi connectivity index (χ1n) is 8.14. The maximum Gasteiger partial charge on any atom is 0.416 e. The number of nitrogens with one attached hydrogen (secondary N) is 2. The third kappa shape index (κ3) is 4.53. The normalized spacial score (nSPS) is 11.5. The highest BCUT2D eigenvalue weighted by Gasteiger charge is 2.30. The highest BCUT2D eigenvalue weighted by Crippen LogP contribution is 2.30. The van der Waals surface area contributed by atoms with Crippen molar-refractivity contribution in [2.45, 2.75) is 6.18 Å². The average molecular weight is 385 g/mol. The molecule has 0 aromatic heterocycles. The zero-order valence-corrected chi connectivity index (χ0v) is 14.3. The fraction of sp³-hybridized carbons (Fsp3) is 0.0500. The van der Waals surface area contributed by atoms with Crippen molar-refractivity contribution in [1.29, 1.82) is 0 Å². The molecule has 0 bridgehead atoms. The summed E-state index contributed by atoms with van der Waals surface area (Å²) in [5.41, 5.74) is 1.71. The summed E-state index contributed by atoms with van der Waals surface area (Å²) in [5, 5.41) is 7.75. The maximum absolute atomic E-state index is 12.7. The Balaban J connectivity index is 1.65. The molecule has 28 heavy (non-hydrogen) atoms. The summed E-state index contributed by atoms with van der Waals surface area (Å²) in [4.78, 5) is 23.7. The van der Waals surface area contributed by atoms with Gasteiger partial charge in [-0.15, -0.1) is 0 Å². The SMILES string of the molecule is O=C(NN=Cc1cccc2ccccc12)C(=O)Nc1cccc(C(F)(F)F)c1. The number of amides is 2. The number of anilines is 1. The Morgan fingerprint density at radius 1 is 0.893 bits per heavy atom. The monoisotopic (exact) mass is 385 g/mol. The molecule has 0 aliphatic heterocycles. The third-order valence-electron chi connectivity index (χ3n) is 3.85. The van der Waals surface area contributed by atoms with Gasteiger partial charge in [-0.3, -0.25) is 9.59 Å². The largest absolute Gasteiger partial charge is 0.416 e. The molecule has 0 aliphatic carbocycles. The Morgan fingerprint density at radius 2 is 1.61 bits per heavy atom. The van der Waals surface area contributed by atoms with Crippen LogP contribution >= 0.6 is 0 Å². The summed E-state index contributed by atoms with van der Waals surface area (Å²) in [5.74, 6) is -2.23. The molecule has 0 atom stereocenters. The van der Waals surface area contributed by atoms with E-state index < -0.39 is 23.6 Å². The van der Waals surface area contributed by atoms with Gasteiger partial charge in [0, 0.05) is 11.3 Å². The lowest BCUT2D eigenvalue weighted by Crippen LogP contribution is -2.32. The van der Waals surface area contributed by atoms with Gasteiger partial charge >= 0.3 is 18.0 Å². The second kappa shape index (κ2) is 7.91. The van der Waals surface area contributed by atoms with Crippen LogP contribution in [0.15, 0.2) is 71.8 Å². The quantitative estimate of drug-likeness (QED) is 0.407. The molecular weight excluding hydrogens is 371 g/mol. The Hall–Kier alpha value is -3.68. The summed E-state index contributed by atoms with van der Waals surface area (Å²) < 4.78 is 38.1. The van der Waals surface area contributed by atoms with Gasteiger partial charge in [-0.25, -0.2) is 5.43 Å². The number of hydrogen-bond donors (Lipinski definition) is 2. The van der Waals surface area contributed by atoms with Crippen molar-refractivity contribution < 1.29 is 22.8 Å². The molecule has 142 valence electrons. The maximum atomic E-state index is 12.7. The molecule has 0 saturated carbocycles. The molecule has 0 unspecified atom stereocenters. The zero-order valence-electron chi connectivity index (χ0n) is 14.3. The molecule has 0 spiro atoms. The van der Waals surface area contributed by atoms with Gasteiger partial charge in [-0.2, -0.15) is 18.3 Å². The van der Waals surface area contributed by atoms with Crippen molar-refractivity contribution in [2.75, 3.05) is 5.32 Å². The van der Waals surface area contributed by atoms with Gasteiger partial charge in [0.25, 0.3) is 0 Å². The number of halogens is 3. The van der Waals surface area contributed by atoms with Crippen LogP contribution < -0.4 is 10.7 Å². The lowest BCUT2D eigenvalue weighted by atomic mass is 10.1. The van der Waals surface area contributed by atoms with Crippen LogP contribution in [0.2, 0.25) is 0 Å². The number of carbonyl (C=O) groups is 2. The van der Waals surface area contributed by atoms with Gasteiger partial charge in [0.2, 0.25) is 0 Å². The number of benzene rings is 3. The van der Waals surface area contributed by atoms with E-state index in [9.17, 15) is 22.8 Å². The van der Waals surface area contributed by atoms with E-state index in [0.29, 0.717) is 0 Å². The molecule has 2 N–H and O–H groups in total. The molecule has 0 radical (unpaired) electrons. The first kappa shape index (κ1) is 19.1. The molecule has 5 nitrogen and oxygen atoms in total. The highest BCUT2D eigenvalue weighted by molar-refractivity contribution is 6.39. The van der Waals surface area contributed by atoms with E-state index in [0.717, 1.165) is 34.5 Å². The fourth-order valence-corrected chi connectivity index (χ4v) is 2.54. The van der Waals surface area contributed by atoms with E-state index in [2.05, 4.69) is 15.8 Å². The van der Waals surface area contributed by atoms with E-state index >= 15 is 0 Å². The number of hydrazone groups is 1. The lowest BCUT2D eigenvalue weighted by molar-refractivity contribution is -0.137. The molecule has 0 aliphatic rings. The van der Waals surface area contributed by atoms with Crippen LogP contribution in [0, 0.1) is 0 Å². The summed E-state index contributed by atoms with van der Waals surface area (Å²) in [6.45, 7) is 0. The minimum absolute atomic E-state index is 0.145. The summed E-state index contributed by atoms with van der Waals surface area (Å²) >= 11 is 0. The van der Waals surface area contributed by atoms with E-state index in [1.54, 1.807) is 6.07 Å². The van der Waals surface area contributed by atoms with Crippen molar-refractivity contribution in [3.8, 4) is 0 Å². The van der Waals surface area contributed by atoms with Crippen LogP contribution in [-0.4, -0.2) is 18.0 Å². The second-order valence-corrected chi connectivity index (χ2v) is 5.80. The average Bonchev–Trinajstić information content (AvgIpc) is 2.67. The molecule has 0 heterocycles. The molecule has 3 rings (SSSR count). The van der Waals surface area contributed by atoms with Crippen LogP contribution in [0.25, 0.3) is 10.8 Å². The number of rotatable bonds is 3. The van der Waals surface area contributed by atoms with Gasteiger partial charge in [-0.1, -0.05) is 48.5 Å². The number of alkyl halides is 3. The van der Waals surface area contributed by atoms with E-state index in [-0.39, 0.29) is 5.69 Å². The van der Waals surface area contributed by atoms with Crippen molar-refractivity contribution in [3.63, 3.8) is 0 Å². The van der Waals surface area contributed by atoms with Gasteiger partial charge in [0.15, 0.2) is 0 Å². The van der Waals surface area contributed by atoms with E-state index in [1.807, 2.05) is 36.4 Å². The zero-order chi connectivity index (χ0) is 20.1. The first-order chi connectivity index (χ1) is 13.3. The van der Waals surface area contributed by atoms with Crippen LogP contribution in [0.4, 0.5) is 18.9 Å². The summed E-state index contributed by atoms with van der Waals surface area (Å²) in [7, 11) is 0. The van der Waals surface area contributed by atoms with Gasteiger partial charge in [0.05, 0.1) is 11.8 Å². The van der Waals surface area contributed by atoms with Crippen LogP contribution in [0.5, 0.6) is 0 Å². The van der Waals surface area contributed by atoms with Crippen molar-refractivity contribution in [3.05, 3.63) is 77.9 Å². The molecule has 0 saturated heterocycles. The molecular formula is C20H14F3N3O2. The third-order valence-corrected chi connectivity index (χ3v) is 3.85. The summed E-state index contributed by atoms with van der Waals surface area (Å²) in [6.07, 6.45) is -3.16. The number of fused-ring (bicyclic) bond motifs is 1. The lowest BCUT2D eigenvalue weighted by Gasteiger charge is -2.09. The first-order valence-corrected chi connectivity index (χ1v) is 8.14. The number of hydrogen-bond acceptors (Lipinski definition) is 3. The molecule has 2 amide bonds. The van der Waals surface area contributed by atoms with E-state index in [4.69, 9.17) is 0 Å². The summed E-state index contributed by atoms with van der Waals surface area (Å²) in [6, 6.07) is 17.1. The predicted octanol–water partition coefficient (Wildman–Crippen LogP) is 3.95. The minimum atomic E-state index is -4.55. The smallest absolute Gasteiger partial charge is 0.318 e. The Bertz CT molecular complexity index is 1060. The standard InChI is InChI=1S/C20H14F3N3O2/c21-20(22,23)15-8-4-9-16(11-15)25-18(27)19(28)26-24-12-14-7-3-6-13-5-1-2-10-17(13)14/h1-12H,(H,25,27)(H,26,28).